The van der Waals surface area contributed by atoms with Crippen LogP contribution in [0, 0.1) is 0 Å². The van der Waals surface area contributed by atoms with E-state index >= 15 is 0 Å². The molecule has 1 aliphatic heterocycles. The van der Waals surface area contributed by atoms with Crippen LogP contribution >= 0.6 is 11.8 Å². The van der Waals surface area contributed by atoms with Crippen molar-refractivity contribution in [3.05, 3.63) is 35.0 Å². The van der Waals surface area contributed by atoms with Crippen LogP contribution in [0.25, 0.3) is 0 Å². The van der Waals surface area contributed by atoms with Gasteiger partial charge in [-0.1, -0.05) is 6.07 Å². The Bertz CT molecular complexity index is 757. The van der Waals surface area contributed by atoms with Gasteiger partial charge in [0.2, 0.25) is 0 Å². The van der Waals surface area contributed by atoms with Crippen molar-refractivity contribution in [1.29, 1.82) is 0 Å². The number of hydrogen-bond donors (Lipinski definition) is 0. The molecule has 0 amide bonds. The van der Waals surface area contributed by atoms with Gasteiger partial charge >= 0.3 is 11.9 Å². The van der Waals surface area contributed by atoms with Crippen LogP contribution in [-0.2, 0) is 19.1 Å². The van der Waals surface area contributed by atoms with Crippen molar-refractivity contribution >= 4 is 23.7 Å². The molecule has 0 aromatic heterocycles. The maximum atomic E-state index is 12.7. The average molecular weight is 349 g/mol. The summed E-state index contributed by atoms with van der Waals surface area (Å²) < 4.78 is 14.2. The molecule has 128 valence electrons. The van der Waals surface area contributed by atoms with E-state index in [1.54, 1.807) is 7.11 Å². The summed E-state index contributed by atoms with van der Waals surface area (Å²) >= 11 is 1.33. The molecule has 7 heteroatoms. The van der Waals surface area contributed by atoms with Crippen LogP contribution in [-0.4, -0.2) is 57.0 Å². The second-order valence-corrected chi connectivity index (χ2v) is 7.10. The summed E-state index contributed by atoms with van der Waals surface area (Å²) in [6, 6.07) is 5.68. The zero-order chi connectivity index (χ0) is 17.6. The summed E-state index contributed by atoms with van der Waals surface area (Å²) in [5.74, 6) is -0.500. The largest absolute Gasteiger partial charge is 0.497 e. The first-order chi connectivity index (χ1) is 11.4. The highest BCUT2D eigenvalue weighted by molar-refractivity contribution is 8.02. The Labute approximate surface area is 144 Å². The molecule has 0 radical (unpaired) electrons. The second-order valence-electron chi connectivity index (χ2n) is 5.81. The van der Waals surface area contributed by atoms with E-state index in [-0.39, 0.29) is 5.92 Å². The average Bonchev–Trinajstić information content (AvgIpc) is 2.83. The summed E-state index contributed by atoms with van der Waals surface area (Å²) in [6.07, 6.45) is 0. The first-order valence-electron chi connectivity index (χ1n) is 7.38. The third-order valence-electron chi connectivity index (χ3n) is 4.47. The first kappa shape index (κ1) is 16.7. The predicted molar refractivity (Wildman–Crippen MR) is 89.1 cm³/mol. The smallest absolute Gasteiger partial charge is 0.337 e. The number of benzene rings is 1. The Hall–Kier alpha value is -2.15. The topological polar surface area (TPSA) is 65.1 Å². The summed E-state index contributed by atoms with van der Waals surface area (Å²) in [5.41, 5.74) is 2.12. The Kier molecular flexibility index (Phi) is 3.99. The molecule has 0 bridgehead atoms. The number of rotatable bonds is 4. The highest BCUT2D eigenvalue weighted by Gasteiger charge is 2.68. The number of nitrogens with zero attached hydrogens (tertiary/aromatic N) is 1. The SMILES string of the molecule is COC(=O)C1=C(N(C)C)[C@H]2c3ccc(OC)cc3S[C@@]12C(=O)OC. The number of carbonyl (C=O) groups excluding carboxylic acids is 2. The molecule has 24 heavy (non-hydrogen) atoms. The summed E-state index contributed by atoms with van der Waals surface area (Å²) in [7, 11) is 7.95. The van der Waals surface area contributed by atoms with Gasteiger partial charge in [0.1, 0.15) is 5.75 Å². The highest BCUT2D eigenvalue weighted by Crippen LogP contribution is 2.67. The van der Waals surface area contributed by atoms with E-state index in [4.69, 9.17) is 14.2 Å². The van der Waals surface area contributed by atoms with Crippen LogP contribution in [0.1, 0.15) is 11.5 Å². The van der Waals surface area contributed by atoms with Crippen molar-refractivity contribution in [2.45, 2.75) is 15.6 Å². The second kappa shape index (κ2) is 5.73. The van der Waals surface area contributed by atoms with E-state index in [0.717, 1.165) is 16.2 Å². The Morgan fingerprint density at radius 1 is 1.17 bits per heavy atom. The van der Waals surface area contributed by atoms with E-state index in [1.165, 1.54) is 26.0 Å². The third-order valence-corrected chi connectivity index (χ3v) is 5.97. The van der Waals surface area contributed by atoms with Gasteiger partial charge in [0.05, 0.1) is 32.8 Å². The fourth-order valence-electron chi connectivity index (χ4n) is 3.47. The Balaban J connectivity index is 2.22. The number of thioether (sulfide) groups is 1. The number of ether oxygens (including phenoxy) is 3. The number of carbonyl (C=O) groups is 2. The minimum Gasteiger partial charge on any atom is -0.497 e. The standard InChI is InChI=1S/C17H19NO5S/c1-18(2)14-12-10-7-6-9(21-3)8-11(10)24-17(12,16(20)23-5)13(14)15(19)22-4/h6-8,12H,1-5H3/t12-,17-/m1/s1. The minimum atomic E-state index is -1.10. The number of esters is 2. The number of methoxy groups -OCH3 is 3. The molecule has 2 aliphatic rings. The van der Waals surface area contributed by atoms with E-state index in [1.807, 2.05) is 37.2 Å². The lowest BCUT2D eigenvalue weighted by Gasteiger charge is -2.46. The Morgan fingerprint density at radius 3 is 2.42 bits per heavy atom. The Morgan fingerprint density at radius 2 is 1.88 bits per heavy atom. The molecule has 0 saturated carbocycles. The van der Waals surface area contributed by atoms with Crippen molar-refractivity contribution in [3.63, 3.8) is 0 Å². The van der Waals surface area contributed by atoms with Crippen molar-refractivity contribution in [2.75, 3.05) is 35.4 Å². The van der Waals surface area contributed by atoms with E-state index < -0.39 is 16.7 Å². The van der Waals surface area contributed by atoms with Gasteiger partial charge in [-0.15, -0.1) is 11.8 Å². The van der Waals surface area contributed by atoms with E-state index in [2.05, 4.69) is 0 Å². The third kappa shape index (κ3) is 1.97. The van der Waals surface area contributed by atoms with Gasteiger partial charge in [-0.2, -0.15) is 0 Å². The van der Waals surface area contributed by atoms with Crippen LogP contribution in [0.3, 0.4) is 0 Å². The highest BCUT2D eigenvalue weighted by atomic mass is 32.2. The van der Waals surface area contributed by atoms with Crippen LogP contribution < -0.4 is 4.74 Å². The molecule has 0 unspecified atom stereocenters. The van der Waals surface area contributed by atoms with Crippen molar-refractivity contribution in [1.82, 2.24) is 4.90 Å². The molecule has 1 aliphatic carbocycles. The fourth-order valence-corrected chi connectivity index (χ4v) is 5.10. The lowest BCUT2D eigenvalue weighted by molar-refractivity contribution is -0.147. The summed E-state index contributed by atoms with van der Waals surface area (Å²) in [4.78, 5) is 27.8. The molecule has 0 spiro atoms. The fraction of sp³-hybridized carbons (Fsp3) is 0.412. The molecule has 1 heterocycles. The normalized spacial score (nSPS) is 23.8. The van der Waals surface area contributed by atoms with Gasteiger partial charge in [0.15, 0.2) is 4.75 Å². The van der Waals surface area contributed by atoms with Crippen LogP contribution in [0.2, 0.25) is 0 Å². The maximum absolute atomic E-state index is 12.7. The molecule has 0 N–H and O–H groups in total. The van der Waals surface area contributed by atoms with Gasteiger partial charge in [0.25, 0.3) is 0 Å². The quantitative estimate of drug-likeness (QED) is 0.768. The molecule has 1 aromatic rings. The van der Waals surface area contributed by atoms with Gasteiger partial charge in [-0.3, -0.25) is 4.79 Å². The van der Waals surface area contributed by atoms with Crippen molar-refractivity contribution in [3.8, 4) is 5.75 Å². The zero-order valence-corrected chi connectivity index (χ0v) is 15.0. The summed E-state index contributed by atoms with van der Waals surface area (Å²) in [5, 5.41) is 0. The van der Waals surface area contributed by atoms with Crippen LogP contribution in [0.4, 0.5) is 0 Å². The molecule has 2 atom stereocenters. The molecule has 3 rings (SSSR count). The molecular weight excluding hydrogens is 330 g/mol. The molecule has 0 saturated heterocycles. The van der Waals surface area contributed by atoms with Gasteiger partial charge in [-0.05, 0) is 17.7 Å². The van der Waals surface area contributed by atoms with Crippen molar-refractivity contribution < 1.29 is 23.8 Å². The zero-order valence-electron chi connectivity index (χ0n) is 14.2. The van der Waals surface area contributed by atoms with Crippen LogP contribution in [0.5, 0.6) is 5.75 Å². The summed E-state index contributed by atoms with van der Waals surface area (Å²) in [6.45, 7) is 0. The minimum absolute atomic E-state index is 0.250. The molecule has 1 aromatic carbocycles. The molecular formula is C17H19NO5S. The lowest BCUT2D eigenvalue weighted by Crippen LogP contribution is -2.55. The van der Waals surface area contributed by atoms with Gasteiger partial charge < -0.3 is 19.1 Å². The van der Waals surface area contributed by atoms with Gasteiger partial charge in [0, 0.05) is 24.7 Å². The van der Waals surface area contributed by atoms with Gasteiger partial charge in [-0.25, -0.2) is 4.79 Å². The lowest BCUT2D eigenvalue weighted by atomic mass is 9.67. The number of likely N-dealkylation sites (N-methyl/N-ethyl adjacent to an activating group) is 1. The molecule has 0 fully saturated rings. The monoisotopic (exact) mass is 349 g/mol. The van der Waals surface area contributed by atoms with E-state index in [9.17, 15) is 9.59 Å². The van der Waals surface area contributed by atoms with Crippen LogP contribution in [0.15, 0.2) is 34.4 Å². The number of allylic oxidation sites excluding steroid dienone is 1. The molecule has 6 nitrogen and oxygen atoms in total. The first-order valence-corrected chi connectivity index (χ1v) is 8.19. The predicted octanol–water partition coefficient (Wildman–Crippen LogP) is 1.80. The van der Waals surface area contributed by atoms with E-state index in [0.29, 0.717) is 11.3 Å². The number of fused-ring (bicyclic) bond motifs is 3. The number of hydrogen-bond acceptors (Lipinski definition) is 7. The maximum Gasteiger partial charge on any atom is 0.337 e. The van der Waals surface area contributed by atoms with Crippen molar-refractivity contribution in [2.24, 2.45) is 0 Å².